The van der Waals surface area contributed by atoms with Crippen molar-refractivity contribution in [3.05, 3.63) is 11.9 Å². The van der Waals surface area contributed by atoms with Gasteiger partial charge in [0, 0.05) is 5.33 Å². The first-order valence-electron chi connectivity index (χ1n) is 2.76. The number of aryl methyl sites for hydroxylation is 1. The monoisotopic (exact) mass is 206 g/mol. The van der Waals surface area contributed by atoms with Crippen molar-refractivity contribution in [3.8, 4) is 0 Å². The van der Waals surface area contributed by atoms with Crippen LogP contribution in [0.3, 0.4) is 0 Å². The Bertz CT molecular complexity index is 152. The second-order valence-corrected chi connectivity index (χ2v) is 3.04. The van der Waals surface area contributed by atoms with E-state index in [9.17, 15) is 0 Å². The summed E-state index contributed by atoms with van der Waals surface area (Å²) in [4.78, 5) is 0. The van der Waals surface area contributed by atoms with Crippen LogP contribution in [0.4, 0.5) is 0 Å². The van der Waals surface area contributed by atoms with Crippen molar-refractivity contribution in [2.75, 3.05) is 5.33 Å². The maximum Gasteiger partial charge on any atom is 0.0743 e. The molecule has 9 heavy (non-hydrogen) atoms. The highest BCUT2D eigenvalue weighted by atomic mass is 79.9. The van der Waals surface area contributed by atoms with Crippen LogP contribution >= 0.6 is 27.7 Å². The predicted molar refractivity (Wildman–Crippen MR) is 42.0 cm³/mol. The highest BCUT2D eigenvalue weighted by Gasteiger charge is 1.92. The molecule has 50 valence electrons. The van der Waals surface area contributed by atoms with E-state index >= 15 is 0 Å². The number of rotatable bonds is 3. The Kier molecular flexibility index (Phi) is 3.14. The molecule has 2 nitrogen and oxygen atoms in total. The van der Waals surface area contributed by atoms with E-state index in [1.165, 1.54) is 11.7 Å². The molecule has 0 saturated heterocycles. The lowest BCUT2D eigenvalue weighted by molar-refractivity contribution is 0.913. The predicted octanol–water partition coefficient (Wildman–Crippen LogP) is 1.87. The smallest absolute Gasteiger partial charge is 0.0743 e. The van der Waals surface area contributed by atoms with Gasteiger partial charge in [0.25, 0.3) is 0 Å². The molecule has 0 atom stereocenters. The molecule has 1 aromatic rings. The van der Waals surface area contributed by atoms with Crippen LogP contribution in [0.25, 0.3) is 0 Å². The number of alkyl halides is 1. The molecule has 0 radical (unpaired) electrons. The molecule has 0 amide bonds. The SMILES string of the molecule is BrCCCc1cnsn1. The quantitative estimate of drug-likeness (QED) is 0.707. The standard InChI is InChI=1S/C5H7BrN2S/c6-3-1-2-5-4-7-9-8-5/h4H,1-3H2. The number of halogens is 1. The fourth-order valence-electron chi connectivity index (χ4n) is 0.542. The van der Waals surface area contributed by atoms with Gasteiger partial charge in [0.15, 0.2) is 0 Å². The van der Waals surface area contributed by atoms with Crippen LogP contribution in [0.1, 0.15) is 12.1 Å². The summed E-state index contributed by atoms with van der Waals surface area (Å²) in [5.74, 6) is 0. The number of hydrogen-bond donors (Lipinski definition) is 0. The van der Waals surface area contributed by atoms with Crippen molar-refractivity contribution in [3.63, 3.8) is 0 Å². The molecule has 0 aliphatic carbocycles. The van der Waals surface area contributed by atoms with Crippen molar-refractivity contribution in [1.82, 2.24) is 8.75 Å². The molecule has 1 heterocycles. The molecule has 4 heteroatoms. The van der Waals surface area contributed by atoms with Crippen LogP contribution in [0, 0.1) is 0 Å². The van der Waals surface area contributed by atoms with Crippen LogP contribution in [0.5, 0.6) is 0 Å². The first-order chi connectivity index (χ1) is 4.43. The zero-order chi connectivity index (χ0) is 6.53. The largest absolute Gasteiger partial charge is 0.181 e. The molecule has 0 aliphatic rings. The molecule has 0 N–H and O–H groups in total. The summed E-state index contributed by atoms with van der Waals surface area (Å²) in [5.41, 5.74) is 1.11. The maximum atomic E-state index is 4.06. The molecule has 0 bridgehead atoms. The van der Waals surface area contributed by atoms with E-state index < -0.39 is 0 Å². The average Bonchev–Trinajstić information content (AvgIpc) is 2.34. The topological polar surface area (TPSA) is 25.8 Å². The molecule has 0 aliphatic heterocycles. The average molecular weight is 207 g/mol. The van der Waals surface area contributed by atoms with Gasteiger partial charge >= 0.3 is 0 Å². The molecule has 0 unspecified atom stereocenters. The zero-order valence-corrected chi connectivity index (χ0v) is 7.28. The summed E-state index contributed by atoms with van der Waals surface area (Å²) in [7, 11) is 0. The second-order valence-electron chi connectivity index (χ2n) is 1.69. The highest BCUT2D eigenvalue weighted by Crippen LogP contribution is 2.00. The third-order valence-electron chi connectivity index (χ3n) is 0.973. The van der Waals surface area contributed by atoms with Gasteiger partial charge in [0.05, 0.1) is 23.6 Å². The highest BCUT2D eigenvalue weighted by molar-refractivity contribution is 9.09. The molecular weight excluding hydrogens is 200 g/mol. The lowest BCUT2D eigenvalue weighted by Gasteiger charge is -1.87. The van der Waals surface area contributed by atoms with E-state index in [1.807, 2.05) is 6.20 Å². The van der Waals surface area contributed by atoms with Gasteiger partial charge in [-0.1, -0.05) is 15.9 Å². The van der Waals surface area contributed by atoms with E-state index in [0.717, 1.165) is 23.9 Å². The molecule has 0 aromatic carbocycles. The van der Waals surface area contributed by atoms with E-state index in [4.69, 9.17) is 0 Å². The van der Waals surface area contributed by atoms with Crippen molar-refractivity contribution in [1.29, 1.82) is 0 Å². The minimum absolute atomic E-state index is 1.04. The number of aromatic nitrogens is 2. The Balaban J connectivity index is 2.30. The van der Waals surface area contributed by atoms with Gasteiger partial charge in [0.1, 0.15) is 0 Å². The third kappa shape index (κ3) is 2.41. The van der Waals surface area contributed by atoms with Crippen LogP contribution in [-0.2, 0) is 6.42 Å². The Morgan fingerprint density at radius 2 is 2.56 bits per heavy atom. The van der Waals surface area contributed by atoms with E-state index in [2.05, 4.69) is 24.7 Å². The summed E-state index contributed by atoms with van der Waals surface area (Å²) in [6, 6.07) is 0. The lowest BCUT2D eigenvalue weighted by atomic mass is 10.3. The molecule has 1 aromatic heterocycles. The van der Waals surface area contributed by atoms with Crippen LogP contribution in [0.2, 0.25) is 0 Å². The van der Waals surface area contributed by atoms with Gasteiger partial charge < -0.3 is 0 Å². The fraction of sp³-hybridized carbons (Fsp3) is 0.600. The summed E-state index contributed by atoms with van der Waals surface area (Å²) in [6.07, 6.45) is 4.01. The van der Waals surface area contributed by atoms with Gasteiger partial charge in [-0.3, -0.25) is 0 Å². The van der Waals surface area contributed by atoms with Gasteiger partial charge in [-0.25, -0.2) is 0 Å². The fourth-order valence-corrected chi connectivity index (χ4v) is 1.28. The van der Waals surface area contributed by atoms with Gasteiger partial charge in [-0.2, -0.15) is 8.75 Å². The summed E-state index contributed by atoms with van der Waals surface area (Å²) in [6.45, 7) is 0. The van der Waals surface area contributed by atoms with Crippen molar-refractivity contribution in [2.45, 2.75) is 12.8 Å². The number of nitrogens with zero attached hydrogens (tertiary/aromatic N) is 2. The molecular formula is C5H7BrN2S. The van der Waals surface area contributed by atoms with Gasteiger partial charge in [0.2, 0.25) is 0 Å². The Morgan fingerprint density at radius 1 is 1.67 bits per heavy atom. The minimum atomic E-state index is 1.04. The first-order valence-corrected chi connectivity index (χ1v) is 4.61. The molecule has 0 fully saturated rings. The van der Waals surface area contributed by atoms with E-state index in [-0.39, 0.29) is 0 Å². The van der Waals surface area contributed by atoms with Gasteiger partial charge in [-0.05, 0) is 12.8 Å². The summed E-state index contributed by atoms with van der Waals surface area (Å²) < 4.78 is 7.95. The van der Waals surface area contributed by atoms with Gasteiger partial charge in [-0.15, -0.1) is 0 Å². The minimum Gasteiger partial charge on any atom is -0.181 e. The Labute approximate surface area is 66.8 Å². The van der Waals surface area contributed by atoms with Crippen LogP contribution < -0.4 is 0 Å². The summed E-state index contributed by atoms with van der Waals surface area (Å²) in [5, 5.41) is 1.05. The van der Waals surface area contributed by atoms with Crippen LogP contribution in [-0.4, -0.2) is 14.1 Å². The van der Waals surface area contributed by atoms with Crippen molar-refractivity contribution < 1.29 is 0 Å². The Morgan fingerprint density at radius 3 is 3.11 bits per heavy atom. The van der Waals surface area contributed by atoms with E-state index in [0.29, 0.717) is 0 Å². The second kappa shape index (κ2) is 3.95. The third-order valence-corrected chi connectivity index (χ3v) is 2.05. The first kappa shape index (κ1) is 7.15. The van der Waals surface area contributed by atoms with Crippen LogP contribution in [0.15, 0.2) is 6.20 Å². The number of hydrogen-bond acceptors (Lipinski definition) is 3. The maximum absolute atomic E-state index is 4.06. The normalized spacial score (nSPS) is 9.89. The zero-order valence-electron chi connectivity index (χ0n) is 4.88. The lowest BCUT2D eigenvalue weighted by Crippen LogP contribution is -1.83. The van der Waals surface area contributed by atoms with Crippen molar-refractivity contribution >= 4 is 27.7 Å². The molecule has 0 spiro atoms. The summed E-state index contributed by atoms with van der Waals surface area (Å²) >= 11 is 4.63. The van der Waals surface area contributed by atoms with Crippen molar-refractivity contribution in [2.24, 2.45) is 0 Å². The Hall–Kier alpha value is 0.0400. The molecule has 0 saturated carbocycles. The van der Waals surface area contributed by atoms with E-state index in [1.54, 1.807) is 0 Å². The molecule has 1 rings (SSSR count).